The van der Waals surface area contributed by atoms with Gasteiger partial charge in [0.05, 0.1) is 19.4 Å². The molecule has 275 valence electrons. The molecule has 0 bridgehead atoms. The fourth-order valence-corrected chi connectivity index (χ4v) is 8.45. The third-order valence-electron chi connectivity index (χ3n) is 9.06. The number of pyridine rings is 3. The van der Waals surface area contributed by atoms with Crippen LogP contribution in [0.4, 0.5) is 0 Å². The molecule has 0 saturated carbocycles. The molecule has 53 heavy (non-hydrogen) atoms. The van der Waals surface area contributed by atoms with Crippen LogP contribution in [0.5, 0.6) is 0 Å². The maximum atomic E-state index is 6.50. The van der Waals surface area contributed by atoms with Crippen molar-refractivity contribution in [3.8, 4) is 22.5 Å². The summed E-state index contributed by atoms with van der Waals surface area (Å²) < 4.78 is 6.50. The molecule has 0 atom stereocenters. The number of hydrogen-bond donors (Lipinski definition) is 0. The summed E-state index contributed by atoms with van der Waals surface area (Å²) in [5, 5.41) is 3.67. The summed E-state index contributed by atoms with van der Waals surface area (Å²) in [6.45, 7) is 20.5. The van der Waals surface area contributed by atoms with Crippen molar-refractivity contribution < 1.29 is 24.5 Å². The van der Waals surface area contributed by atoms with Crippen LogP contribution in [0.15, 0.2) is 108 Å². The van der Waals surface area contributed by atoms with E-state index >= 15 is 0 Å². The van der Waals surface area contributed by atoms with Gasteiger partial charge in [-0.25, -0.2) is 0 Å². The Morgan fingerprint density at radius 1 is 0.774 bits per heavy atom. The average molecular weight is 894 g/mol. The zero-order valence-corrected chi connectivity index (χ0v) is 36.0. The van der Waals surface area contributed by atoms with E-state index in [9.17, 15) is 0 Å². The quantitative estimate of drug-likeness (QED) is 0.113. The minimum Gasteiger partial charge on any atom is -0.499 e. The Morgan fingerprint density at radius 2 is 1.53 bits per heavy atom. The normalized spacial score (nSPS) is 11.7. The van der Waals surface area contributed by atoms with Gasteiger partial charge < -0.3 is 14.4 Å². The Morgan fingerprint density at radius 3 is 2.21 bits per heavy atom. The SMILES string of the molecule is CC(C)Cc1cc(-c2[c-]cccc2)ncc1[Si](C)(C)C.Cc1cc2c(oc3c(-c4cc(CC(C)(C)C)ccn4)[c-]ccc32)c(Cc2ccccc2)n1.[Ir]. The molecule has 0 amide bonds. The van der Waals surface area contributed by atoms with Gasteiger partial charge in [0, 0.05) is 50.0 Å². The molecule has 1 radical (unpaired) electrons. The number of furan rings is 1. The van der Waals surface area contributed by atoms with Crippen LogP contribution in [0.3, 0.4) is 0 Å². The molecule has 7 rings (SSSR count). The van der Waals surface area contributed by atoms with E-state index in [0.29, 0.717) is 5.92 Å². The molecule has 0 unspecified atom stereocenters. The molecule has 6 heteroatoms. The Bertz CT molecular complexity index is 2280. The predicted octanol–water partition coefficient (Wildman–Crippen LogP) is 11.6. The summed E-state index contributed by atoms with van der Waals surface area (Å²) in [5.41, 5.74) is 11.7. The van der Waals surface area contributed by atoms with Crippen molar-refractivity contribution in [2.45, 2.75) is 80.4 Å². The second-order valence-electron chi connectivity index (χ2n) is 16.6. The van der Waals surface area contributed by atoms with Crippen LogP contribution in [0.25, 0.3) is 44.5 Å². The largest absolute Gasteiger partial charge is 0.499 e. The van der Waals surface area contributed by atoms with Gasteiger partial charge in [-0.2, -0.15) is 0 Å². The zero-order chi connectivity index (χ0) is 37.0. The molecule has 0 N–H and O–H groups in total. The van der Waals surface area contributed by atoms with Gasteiger partial charge in [-0.15, -0.1) is 54.1 Å². The number of fused-ring (bicyclic) bond motifs is 3. The van der Waals surface area contributed by atoms with Crippen LogP contribution < -0.4 is 5.19 Å². The maximum Gasteiger partial charge on any atom is 0.142 e. The summed E-state index contributed by atoms with van der Waals surface area (Å²) in [5.74, 6) is 0.667. The van der Waals surface area contributed by atoms with E-state index in [1.807, 2.05) is 43.5 Å². The maximum absolute atomic E-state index is 6.50. The van der Waals surface area contributed by atoms with Gasteiger partial charge in [0.2, 0.25) is 0 Å². The van der Waals surface area contributed by atoms with Crippen LogP contribution in [0.2, 0.25) is 19.6 Å². The van der Waals surface area contributed by atoms with E-state index in [4.69, 9.17) is 9.40 Å². The first-order chi connectivity index (χ1) is 24.7. The molecule has 4 heterocycles. The second kappa shape index (κ2) is 16.8. The van der Waals surface area contributed by atoms with Gasteiger partial charge >= 0.3 is 0 Å². The number of rotatable bonds is 8. The van der Waals surface area contributed by atoms with Gasteiger partial charge in [-0.3, -0.25) is 4.98 Å². The molecule has 4 nitrogen and oxygen atoms in total. The van der Waals surface area contributed by atoms with Gasteiger partial charge in [0.15, 0.2) is 0 Å². The van der Waals surface area contributed by atoms with E-state index in [-0.39, 0.29) is 25.5 Å². The van der Waals surface area contributed by atoms with Crippen molar-refractivity contribution in [2.24, 2.45) is 11.3 Å². The van der Waals surface area contributed by atoms with Crippen molar-refractivity contribution in [3.63, 3.8) is 0 Å². The van der Waals surface area contributed by atoms with Crippen molar-refractivity contribution >= 4 is 35.2 Å². The second-order valence-corrected chi connectivity index (χ2v) is 21.6. The van der Waals surface area contributed by atoms with Gasteiger partial charge in [-0.1, -0.05) is 119 Å². The van der Waals surface area contributed by atoms with Gasteiger partial charge in [-0.05, 0) is 65.4 Å². The first kappa shape index (κ1) is 40.0. The van der Waals surface area contributed by atoms with Crippen molar-refractivity contribution in [2.75, 3.05) is 0 Å². The van der Waals surface area contributed by atoms with Crippen LogP contribution >= 0.6 is 0 Å². The van der Waals surface area contributed by atoms with Crippen LogP contribution in [-0.2, 0) is 39.4 Å². The zero-order valence-electron chi connectivity index (χ0n) is 32.6. The summed E-state index contributed by atoms with van der Waals surface area (Å²) >= 11 is 0. The Balaban J connectivity index is 0.000000223. The van der Waals surface area contributed by atoms with E-state index in [0.717, 1.165) is 75.1 Å². The standard InChI is InChI=1S/C29H27N2O.C18H24NSi.Ir/c1-19-15-24-22-11-8-12-23(25-17-21(13-14-30-25)18-29(2,3)4)27(22)32-28(24)26(31-19)16-20-9-6-5-7-10-20;1-14(2)11-16-12-17(15-9-7-6-8-10-15)19-13-18(16)20(3,4)5;/h5-11,13-15,17H,16,18H2,1-4H3;6-9,12-14H,11H2,1-5H3;/q2*-1;. The molecule has 0 spiro atoms. The molecular weight excluding hydrogens is 843 g/mol. The Kier molecular flexibility index (Phi) is 12.7. The first-order valence-corrected chi connectivity index (χ1v) is 21.9. The predicted molar refractivity (Wildman–Crippen MR) is 221 cm³/mol. The Labute approximate surface area is 330 Å². The third kappa shape index (κ3) is 10.1. The fourth-order valence-electron chi connectivity index (χ4n) is 6.86. The number of nitrogens with zero attached hydrogens (tertiary/aromatic N) is 3. The average Bonchev–Trinajstić information content (AvgIpc) is 3.47. The van der Waals surface area contributed by atoms with Crippen molar-refractivity contribution in [3.05, 3.63) is 144 Å². The van der Waals surface area contributed by atoms with Crippen molar-refractivity contribution in [1.82, 2.24) is 15.0 Å². The van der Waals surface area contributed by atoms with Crippen LogP contribution in [-0.4, -0.2) is 23.0 Å². The number of aromatic nitrogens is 3. The van der Waals surface area contributed by atoms with Crippen LogP contribution in [0, 0.1) is 30.4 Å². The van der Waals surface area contributed by atoms with E-state index < -0.39 is 8.07 Å². The molecule has 0 aliphatic rings. The molecule has 7 aromatic rings. The van der Waals surface area contributed by atoms with E-state index in [2.05, 4.69) is 143 Å². The summed E-state index contributed by atoms with van der Waals surface area (Å²) in [6, 6.07) is 37.8. The summed E-state index contributed by atoms with van der Waals surface area (Å²) in [7, 11) is -1.34. The number of benzene rings is 3. The molecule has 0 saturated heterocycles. The molecular formula is C47H51IrN3OSi-2. The first-order valence-electron chi connectivity index (χ1n) is 18.4. The molecule has 3 aromatic carbocycles. The fraction of sp³-hybridized carbons (Fsp3) is 0.298. The topological polar surface area (TPSA) is 51.8 Å². The smallest absolute Gasteiger partial charge is 0.142 e. The van der Waals surface area contributed by atoms with Crippen LogP contribution in [0.1, 0.15) is 62.7 Å². The number of aryl methyl sites for hydroxylation is 1. The Hall–Kier alpha value is -4.22. The molecule has 0 fully saturated rings. The van der Waals surface area contributed by atoms with Gasteiger partial charge in [0.25, 0.3) is 0 Å². The molecule has 0 aliphatic heterocycles. The molecule has 0 aliphatic carbocycles. The molecule has 4 aromatic heterocycles. The minimum atomic E-state index is -1.34. The van der Waals surface area contributed by atoms with Gasteiger partial charge in [0.1, 0.15) is 5.58 Å². The summed E-state index contributed by atoms with van der Waals surface area (Å²) in [4.78, 5) is 14.2. The minimum absolute atomic E-state index is 0. The number of hydrogen-bond acceptors (Lipinski definition) is 4. The third-order valence-corrected chi connectivity index (χ3v) is 11.1. The van der Waals surface area contributed by atoms with Crippen molar-refractivity contribution in [1.29, 1.82) is 0 Å². The summed E-state index contributed by atoms with van der Waals surface area (Å²) in [6.07, 6.45) is 6.85. The monoisotopic (exact) mass is 894 g/mol. The van der Waals surface area contributed by atoms with E-state index in [1.54, 1.807) is 0 Å². The van der Waals surface area contributed by atoms with E-state index in [1.165, 1.54) is 21.9 Å².